The van der Waals surface area contributed by atoms with Crippen molar-refractivity contribution in [1.29, 1.82) is 0 Å². The predicted octanol–water partition coefficient (Wildman–Crippen LogP) is 5.73. The van der Waals surface area contributed by atoms with Crippen molar-refractivity contribution in [2.75, 3.05) is 23.3 Å². The van der Waals surface area contributed by atoms with Gasteiger partial charge in [0.1, 0.15) is 5.82 Å². The Labute approximate surface area is 185 Å². The Bertz CT molecular complexity index is 1060. The van der Waals surface area contributed by atoms with E-state index >= 15 is 0 Å². The number of carbonyl (C=O) groups excluding carboxylic acids is 1. The molecular formula is C21H18ClF3N4OS. The quantitative estimate of drug-likeness (QED) is 0.533. The highest BCUT2D eigenvalue weighted by Gasteiger charge is 2.31. The van der Waals surface area contributed by atoms with E-state index in [1.165, 1.54) is 17.4 Å². The highest BCUT2D eigenvalue weighted by molar-refractivity contribution is 7.14. The molecule has 0 aliphatic carbocycles. The molecular weight excluding hydrogens is 449 g/mol. The maximum atomic E-state index is 12.9. The van der Waals surface area contributed by atoms with Gasteiger partial charge in [-0.3, -0.25) is 4.79 Å². The number of anilines is 2. The number of benzene rings is 1. The number of halogens is 4. The van der Waals surface area contributed by atoms with Crippen molar-refractivity contribution in [2.24, 2.45) is 5.92 Å². The van der Waals surface area contributed by atoms with Crippen LogP contribution >= 0.6 is 22.9 Å². The highest BCUT2D eigenvalue weighted by atomic mass is 35.5. The van der Waals surface area contributed by atoms with Gasteiger partial charge in [0, 0.05) is 36.1 Å². The van der Waals surface area contributed by atoms with Crippen molar-refractivity contribution in [3.8, 4) is 11.3 Å². The van der Waals surface area contributed by atoms with E-state index in [1.54, 1.807) is 23.7 Å². The van der Waals surface area contributed by atoms with Crippen molar-refractivity contribution >= 4 is 39.8 Å². The van der Waals surface area contributed by atoms with Crippen molar-refractivity contribution in [1.82, 2.24) is 9.97 Å². The normalized spacial score (nSPS) is 15.2. The number of aromatic nitrogens is 2. The minimum atomic E-state index is -4.42. The van der Waals surface area contributed by atoms with Gasteiger partial charge in [-0.1, -0.05) is 23.7 Å². The van der Waals surface area contributed by atoms with Gasteiger partial charge in [-0.2, -0.15) is 13.2 Å². The van der Waals surface area contributed by atoms with Gasteiger partial charge in [-0.15, -0.1) is 11.3 Å². The summed E-state index contributed by atoms with van der Waals surface area (Å²) >= 11 is 7.06. The van der Waals surface area contributed by atoms with Crippen LogP contribution < -0.4 is 10.2 Å². The number of pyridine rings is 1. The zero-order valence-corrected chi connectivity index (χ0v) is 17.8. The molecule has 1 N–H and O–H groups in total. The SMILES string of the molecule is O=C(Nc1nc(-c2cccc(C(F)(F)F)c2)cs1)C1CCN(c2ccc(Cl)cn2)CC1. The molecule has 0 atom stereocenters. The molecule has 1 fully saturated rings. The number of nitrogens with zero attached hydrogens (tertiary/aromatic N) is 3. The lowest BCUT2D eigenvalue weighted by Crippen LogP contribution is -2.38. The highest BCUT2D eigenvalue weighted by Crippen LogP contribution is 2.33. The summed E-state index contributed by atoms with van der Waals surface area (Å²) in [6, 6.07) is 8.63. The molecule has 0 spiro atoms. The molecule has 1 amide bonds. The first-order chi connectivity index (χ1) is 14.8. The number of amides is 1. The average molecular weight is 467 g/mol. The summed E-state index contributed by atoms with van der Waals surface area (Å²) in [4.78, 5) is 23.4. The number of hydrogen-bond donors (Lipinski definition) is 1. The fourth-order valence-electron chi connectivity index (χ4n) is 3.45. The number of nitrogens with one attached hydrogen (secondary N) is 1. The Balaban J connectivity index is 1.36. The number of hydrogen-bond acceptors (Lipinski definition) is 5. The van der Waals surface area contributed by atoms with E-state index in [1.807, 2.05) is 6.07 Å². The van der Waals surface area contributed by atoms with Crippen LogP contribution in [-0.2, 0) is 11.0 Å². The van der Waals surface area contributed by atoms with Gasteiger partial charge in [-0.25, -0.2) is 9.97 Å². The van der Waals surface area contributed by atoms with Crippen molar-refractivity contribution in [3.05, 3.63) is 58.6 Å². The Morgan fingerprint density at radius 3 is 2.65 bits per heavy atom. The number of carbonyl (C=O) groups is 1. The minimum Gasteiger partial charge on any atom is -0.357 e. The fraction of sp³-hybridized carbons (Fsp3) is 0.286. The number of thiazole rings is 1. The third-order valence-corrected chi connectivity index (χ3v) is 6.10. The number of piperidine rings is 1. The maximum Gasteiger partial charge on any atom is 0.416 e. The first-order valence-electron chi connectivity index (χ1n) is 9.60. The van der Waals surface area contributed by atoms with Crippen LogP contribution in [0.3, 0.4) is 0 Å². The van der Waals surface area contributed by atoms with Gasteiger partial charge < -0.3 is 10.2 Å². The van der Waals surface area contributed by atoms with E-state index in [0.29, 0.717) is 47.3 Å². The summed E-state index contributed by atoms with van der Waals surface area (Å²) in [6.45, 7) is 1.39. The summed E-state index contributed by atoms with van der Waals surface area (Å²) in [5.74, 6) is 0.534. The van der Waals surface area contributed by atoms with Gasteiger partial charge in [0.05, 0.1) is 16.3 Å². The standard InChI is InChI=1S/C21H18ClF3N4OS/c22-16-4-5-18(26-11-16)29-8-6-13(7-9-29)19(30)28-20-27-17(12-31-20)14-2-1-3-15(10-14)21(23,24)25/h1-5,10-13H,6-9H2,(H,27,28,30). The van der Waals surface area contributed by atoms with Crippen LogP contribution in [0.5, 0.6) is 0 Å². The Kier molecular flexibility index (Phi) is 6.15. The Morgan fingerprint density at radius 2 is 1.97 bits per heavy atom. The molecule has 162 valence electrons. The lowest BCUT2D eigenvalue weighted by atomic mass is 9.96. The topological polar surface area (TPSA) is 58.1 Å². The smallest absolute Gasteiger partial charge is 0.357 e. The Hall–Kier alpha value is -2.65. The maximum absolute atomic E-state index is 12.9. The molecule has 0 unspecified atom stereocenters. The van der Waals surface area contributed by atoms with E-state index in [-0.39, 0.29) is 11.8 Å². The van der Waals surface area contributed by atoms with Crippen molar-refractivity contribution < 1.29 is 18.0 Å². The molecule has 4 rings (SSSR count). The van der Waals surface area contributed by atoms with Crippen LogP contribution in [0.15, 0.2) is 48.0 Å². The van der Waals surface area contributed by atoms with E-state index in [9.17, 15) is 18.0 Å². The number of rotatable bonds is 4. The zero-order chi connectivity index (χ0) is 22.0. The predicted molar refractivity (Wildman–Crippen MR) is 115 cm³/mol. The lowest BCUT2D eigenvalue weighted by Gasteiger charge is -2.32. The van der Waals surface area contributed by atoms with Crippen LogP contribution in [0.4, 0.5) is 24.1 Å². The molecule has 10 heteroatoms. The van der Waals surface area contributed by atoms with Gasteiger partial charge in [0.15, 0.2) is 5.13 Å². The van der Waals surface area contributed by atoms with Crippen molar-refractivity contribution in [2.45, 2.75) is 19.0 Å². The monoisotopic (exact) mass is 466 g/mol. The molecule has 1 aromatic carbocycles. The second-order valence-electron chi connectivity index (χ2n) is 7.20. The molecule has 5 nitrogen and oxygen atoms in total. The largest absolute Gasteiger partial charge is 0.416 e. The van der Waals surface area contributed by atoms with E-state index in [4.69, 9.17) is 11.6 Å². The molecule has 0 radical (unpaired) electrons. The van der Waals surface area contributed by atoms with E-state index in [2.05, 4.69) is 20.2 Å². The van der Waals surface area contributed by atoms with Crippen LogP contribution in [0.2, 0.25) is 5.02 Å². The molecule has 1 aliphatic rings. The summed E-state index contributed by atoms with van der Waals surface area (Å²) in [5.41, 5.74) is 0.0240. The summed E-state index contributed by atoms with van der Waals surface area (Å²) in [5, 5.41) is 5.39. The second-order valence-corrected chi connectivity index (χ2v) is 8.50. The average Bonchev–Trinajstić information content (AvgIpc) is 3.22. The van der Waals surface area contributed by atoms with Crippen LogP contribution in [0.1, 0.15) is 18.4 Å². The van der Waals surface area contributed by atoms with Gasteiger partial charge in [0.2, 0.25) is 5.91 Å². The van der Waals surface area contributed by atoms with Gasteiger partial charge in [-0.05, 0) is 37.1 Å². The third kappa shape index (κ3) is 5.16. The lowest BCUT2D eigenvalue weighted by molar-refractivity contribution is -0.137. The first kappa shape index (κ1) is 21.6. The summed E-state index contributed by atoms with van der Waals surface area (Å²) in [6.07, 6.45) is -1.48. The van der Waals surface area contributed by atoms with Crippen LogP contribution in [0.25, 0.3) is 11.3 Å². The van der Waals surface area contributed by atoms with E-state index in [0.717, 1.165) is 18.0 Å². The van der Waals surface area contributed by atoms with Crippen molar-refractivity contribution in [3.63, 3.8) is 0 Å². The number of alkyl halides is 3. The van der Waals surface area contributed by atoms with E-state index < -0.39 is 11.7 Å². The summed E-state index contributed by atoms with van der Waals surface area (Å²) < 4.78 is 38.8. The molecule has 3 heterocycles. The zero-order valence-electron chi connectivity index (χ0n) is 16.2. The molecule has 1 saturated heterocycles. The molecule has 3 aromatic rings. The minimum absolute atomic E-state index is 0.131. The summed E-state index contributed by atoms with van der Waals surface area (Å²) in [7, 11) is 0. The molecule has 2 aromatic heterocycles. The fourth-order valence-corrected chi connectivity index (χ4v) is 4.29. The van der Waals surface area contributed by atoms with Gasteiger partial charge >= 0.3 is 6.18 Å². The first-order valence-corrected chi connectivity index (χ1v) is 10.9. The third-order valence-electron chi connectivity index (χ3n) is 5.12. The second kappa shape index (κ2) is 8.84. The molecule has 0 bridgehead atoms. The molecule has 1 aliphatic heterocycles. The molecule has 31 heavy (non-hydrogen) atoms. The van der Waals surface area contributed by atoms with Crippen LogP contribution in [-0.4, -0.2) is 29.0 Å². The van der Waals surface area contributed by atoms with Gasteiger partial charge in [0.25, 0.3) is 0 Å². The molecule has 0 saturated carbocycles. The Morgan fingerprint density at radius 1 is 1.19 bits per heavy atom. The van der Waals surface area contributed by atoms with Crippen LogP contribution in [0, 0.1) is 5.92 Å².